The van der Waals surface area contributed by atoms with E-state index in [1.807, 2.05) is 0 Å². The zero-order chi connectivity index (χ0) is 15.3. The molecule has 5 nitrogen and oxygen atoms in total. The second-order valence-electron chi connectivity index (χ2n) is 4.67. The highest BCUT2D eigenvalue weighted by Crippen LogP contribution is 2.20. The summed E-state index contributed by atoms with van der Waals surface area (Å²) in [6.07, 6.45) is 0. The molecule has 120 valence electrons. The molecule has 0 radical (unpaired) electrons. The lowest BCUT2D eigenvalue weighted by molar-refractivity contribution is 0.0733. The summed E-state index contributed by atoms with van der Waals surface area (Å²) < 4.78 is 10.3. The van der Waals surface area contributed by atoms with Crippen LogP contribution in [0.25, 0.3) is 0 Å². The van der Waals surface area contributed by atoms with E-state index < -0.39 is 0 Å². The fourth-order valence-corrected chi connectivity index (χ4v) is 2.50. The third kappa shape index (κ3) is 8.04. The van der Waals surface area contributed by atoms with Crippen LogP contribution in [-0.2, 0) is 9.47 Å². The topological polar surface area (TPSA) is 54.9 Å². The highest BCUT2D eigenvalue weighted by atomic mass is 32.1. The van der Waals surface area contributed by atoms with Crippen molar-refractivity contribution < 1.29 is 9.47 Å². The molecular formula is C15H27N3O2S. The molecule has 0 saturated heterocycles. The summed E-state index contributed by atoms with van der Waals surface area (Å²) in [6.45, 7) is 8.54. The van der Waals surface area contributed by atoms with E-state index in [9.17, 15) is 0 Å². The van der Waals surface area contributed by atoms with Gasteiger partial charge < -0.3 is 20.1 Å². The first kappa shape index (κ1) is 17.9. The fraction of sp³-hybridized carbons (Fsp3) is 0.667. The number of hydrogen-bond acceptors (Lipinski definition) is 4. The Morgan fingerprint density at radius 3 is 2.86 bits per heavy atom. The normalized spacial score (nSPS) is 13.2. The molecule has 1 unspecified atom stereocenters. The summed E-state index contributed by atoms with van der Waals surface area (Å²) in [6, 6.07) is 4.25. The van der Waals surface area contributed by atoms with Crippen molar-refractivity contribution in [3.05, 3.63) is 22.4 Å². The third-order valence-electron chi connectivity index (χ3n) is 2.87. The van der Waals surface area contributed by atoms with Gasteiger partial charge in [-0.25, -0.2) is 0 Å². The van der Waals surface area contributed by atoms with Crippen molar-refractivity contribution in [2.75, 3.05) is 46.6 Å². The molecule has 1 aromatic rings. The van der Waals surface area contributed by atoms with E-state index >= 15 is 0 Å². The van der Waals surface area contributed by atoms with Gasteiger partial charge in [0.2, 0.25) is 0 Å². The average Bonchev–Trinajstić information content (AvgIpc) is 3.02. The second kappa shape index (κ2) is 11.5. The van der Waals surface area contributed by atoms with Gasteiger partial charge in [0, 0.05) is 31.0 Å². The van der Waals surface area contributed by atoms with Crippen LogP contribution < -0.4 is 10.6 Å². The van der Waals surface area contributed by atoms with Crippen molar-refractivity contribution in [3.8, 4) is 0 Å². The van der Waals surface area contributed by atoms with Gasteiger partial charge in [-0.2, -0.15) is 0 Å². The van der Waals surface area contributed by atoms with Crippen molar-refractivity contribution in [1.82, 2.24) is 10.6 Å². The molecule has 0 aliphatic heterocycles. The first-order valence-corrected chi connectivity index (χ1v) is 8.28. The highest BCUT2D eigenvalue weighted by molar-refractivity contribution is 7.10. The maximum absolute atomic E-state index is 5.42. The number of nitrogens with zero attached hydrogens (tertiary/aromatic N) is 1. The van der Waals surface area contributed by atoms with Gasteiger partial charge in [0.15, 0.2) is 5.96 Å². The molecule has 0 aliphatic rings. The zero-order valence-electron chi connectivity index (χ0n) is 13.2. The number of guanidine groups is 1. The summed E-state index contributed by atoms with van der Waals surface area (Å²) in [5, 5.41) is 8.63. The Bertz CT molecular complexity index is 382. The van der Waals surface area contributed by atoms with Gasteiger partial charge in [-0.05, 0) is 18.4 Å². The van der Waals surface area contributed by atoms with Crippen LogP contribution in [0.3, 0.4) is 0 Å². The summed E-state index contributed by atoms with van der Waals surface area (Å²) in [5.74, 6) is 1.29. The van der Waals surface area contributed by atoms with Crippen molar-refractivity contribution >= 4 is 17.3 Å². The maximum atomic E-state index is 5.42. The van der Waals surface area contributed by atoms with E-state index in [0.29, 0.717) is 25.7 Å². The van der Waals surface area contributed by atoms with Crippen molar-refractivity contribution in [3.63, 3.8) is 0 Å². The molecule has 0 bridgehead atoms. The first-order chi connectivity index (χ1) is 10.3. The van der Waals surface area contributed by atoms with E-state index in [2.05, 4.69) is 47.0 Å². The molecular weight excluding hydrogens is 286 g/mol. The number of nitrogens with one attached hydrogen (secondary N) is 2. The molecule has 0 spiro atoms. The molecule has 1 rings (SSSR count). The monoisotopic (exact) mass is 313 g/mol. The molecule has 6 heteroatoms. The van der Waals surface area contributed by atoms with Crippen LogP contribution in [0.1, 0.15) is 24.6 Å². The van der Waals surface area contributed by atoms with E-state index in [1.165, 1.54) is 4.88 Å². The van der Waals surface area contributed by atoms with Crippen LogP contribution >= 0.6 is 11.3 Å². The minimum Gasteiger partial charge on any atom is -0.382 e. The highest BCUT2D eigenvalue weighted by Gasteiger charge is 2.06. The molecule has 0 saturated carbocycles. The molecule has 0 aliphatic carbocycles. The second-order valence-corrected chi connectivity index (χ2v) is 5.65. The van der Waals surface area contributed by atoms with E-state index in [-0.39, 0.29) is 0 Å². The van der Waals surface area contributed by atoms with Crippen molar-refractivity contribution in [2.45, 2.75) is 19.8 Å². The van der Waals surface area contributed by atoms with Crippen molar-refractivity contribution in [2.24, 2.45) is 4.99 Å². The Balaban J connectivity index is 2.29. The lowest BCUT2D eigenvalue weighted by Gasteiger charge is -2.13. The standard InChI is InChI=1S/C15H27N3O2S/c1-4-16-15(17-7-8-20-10-9-19-3)18-12-13(2)14-6-5-11-21-14/h5-6,11,13H,4,7-10,12H2,1-3H3,(H2,16,17,18). The SMILES string of the molecule is CCNC(=NCC(C)c1cccs1)NCCOCCOC. The number of hydrogen-bond donors (Lipinski definition) is 2. The molecule has 0 aromatic carbocycles. The van der Waals surface area contributed by atoms with Gasteiger partial charge in [-0.15, -0.1) is 11.3 Å². The summed E-state index contributed by atoms with van der Waals surface area (Å²) in [4.78, 5) is 6.00. The smallest absolute Gasteiger partial charge is 0.191 e. The number of aliphatic imine (C=N–C) groups is 1. The summed E-state index contributed by atoms with van der Waals surface area (Å²) >= 11 is 1.78. The predicted molar refractivity (Wildman–Crippen MR) is 89.4 cm³/mol. The number of rotatable bonds is 10. The third-order valence-corrected chi connectivity index (χ3v) is 3.97. The van der Waals surface area contributed by atoms with Crippen LogP contribution in [0.15, 0.2) is 22.5 Å². The predicted octanol–water partition coefficient (Wildman–Crippen LogP) is 2.07. The van der Waals surface area contributed by atoms with E-state index in [0.717, 1.165) is 25.6 Å². The Hall–Kier alpha value is -1.11. The number of ether oxygens (including phenoxy) is 2. The fourth-order valence-electron chi connectivity index (χ4n) is 1.72. The number of methoxy groups -OCH3 is 1. The maximum Gasteiger partial charge on any atom is 0.191 e. The molecule has 21 heavy (non-hydrogen) atoms. The Morgan fingerprint density at radius 1 is 1.33 bits per heavy atom. The van der Waals surface area contributed by atoms with Gasteiger partial charge >= 0.3 is 0 Å². The van der Waals surface area contributed by atoms with E-state index in [1.54, 1.807) is 18.4 Å². The van der Waals surface area contributed by atoms with Crippen LogP contribution in [0.5, 0.6) is 0 Å². The average molecular weight is 313 g/mol. The van der Waals surface area contributed by atoms with Crippen LogP contribution in [0.2, 0.25) is 0 Å². The quantitative estimate of drug-likeness (QED) is 0.394. The minimum atomic E-state index is 0.443. The largest absolute Gasteiger partial charge is 0.382 e. The first-order valence-electron chi connectivity index (χ1n) is 7.40. The van der Waals surface area contributed by atoms with Crippen LogP contribution in [0, 0.1) is 0 Å². The molecule has 0 amide bonds. The van der Waals surface area contributed by atoms with Crippen LogP contribution in [-0.4, -0.2) is 52.5 Å². The van der Waals surface area contributed by atoms with Gasteiger partial charge in [0.05, 0.1) is 26.4 Å². The van der Waals surface area contributed by atoms with Gasteiger partial charge in [-0.1, -0.05) is 13.0 Å². The molecule has 1 aromatic heterocycles. The summed E-state index contributed by atoms with van der Waals surface area (Å²) in [7, 11) is 1.67. The Morgan fingerprint density at radius 2 is 2.19 bits per heavy atom. The lowest BCUT2D eigenvalue weighted by atomic mass is 10.1. The van der Waals surface area contributed by atoms with Crippen molar-refractivity contribution in [1.29, 1.82) is 0 Å². The summed E-state index contributed by atoms with van der Waals surface area (Å²) in [5.41, 5.74) is 0. The van der Waals surface area contributed by atoms with Gasteiger partial charge in [0.1, 0.15) is 0 Å². The molecule has 1 heterocycles. The Kier molecular flexibility index (Phi) is 9.86. The van der Waals surface area contributed by atoms with E-state index in [4.69, 9.17) is 9.47 Å². The molecule has 0 fully saturated rings. The Labute approximate surface area is 131 Å². The molecule has 2 N–H and O–H groups in total. The lowest BCUT2D eigenvalue weighted by Crippen LogP contribution is -2.39. The van der Waals surface area contributed by atoms with Gasteiger partial charge in [0.25, 0.3) is 0 Å². The van der Waals surface area contributed by atoms with Gasteiger partial charge in [-0.3, -0.25) is 4.99 Å². The van der Waals surface area contributed by atoms with Crippen LogP contribution in [0.4, 0.5) is 0 Å². The zero-order valence-corrected chi connectivity index (χ0v) is 14.0. The minimum absolute atomic E-state index is 0.443. The number of thiophene rings is 1. The molecule has 1 atom stereocenters.